The molecule has 0 radical (unpaired) electrons. The molecule has 44 heavy (non-hydrogen) atoms. The number of aliphatic hydroxyl groups is 1. The highest BCUT2D eigenvalue weighted by Crippen LogP contribution is 2.38. The smallest absolute Gasteiger partial charge is 0.167 e. The zero-order chi connectivity index (χ0) is 30.5. The molecule has 0 aliphatic heterocycles. The first-order valence-electron chi connectivity index (χ1n) is 14.8. The van der Waals surface area contributed by atoms with Gasteiger partial charge in [-0.3, -0.25) is 15.0 Å². The van der Waals surface area contributed by atoms with Crippen molar-refractivity contribution >= 4 is 22.4 Å². The van der Waals surface area contributed by atoms with E-state index < -0.39 is 12.0 Å². The molecule has 9 nitrogen and oxygen atoms in total. The van der Waals surface area contributed by atoms with Crippen molar-refractivity contribution in [3.05, 3.63) is 96.1 Å². The highest BCUT2D eigenvalue weighted by atomic mass is 19.1. The van der Waals surface area contributed by atoms with Crippen molar-refractivity contribution < 1.29 is 23.7 Å². The zero-order valence-electron chi connectivity index (χ0n) is 24.8. The monoisotopic (exact) mass is 597 g/mol. The van der Waals surface area contributed by atoms with E-state index in [1.165, 1.54) is 12.5 Å². The number of hydrogen-bond donors (Lipinski definition) is 3. The molecule has 1 unspecified atom stereocenters. The first-order valence-corrected chi connectivity index (χ1v) is 14.8. The molecule has 1 aliphatic carbocycles. The Morgan fingerprint density at radius 1 is 0.977 bits per heavy atom. The van der Waals surface area contributed by atoms with Gasteiger partial charge in [-0.1, -0.05) is 49.6 Å². The normalized spacial score (nSPS) is 14.4. The first-order chi connectivity index (χ1) is 21.5. The number of hydrogen-bond acceptors (Lipinski definition) is 8. The second-order valence-corrected chi connectivity index (χ2v) is 11.0. The van der Waals surface area contributed by atoms with Crippen molar-refractivity contribution in [3.8, 4) is 23.0 Å². The van der Waals surface area contributed by atoms with E-state index in [-0.39, 0.29) is 11.8 Å². The van der Waals surface area contributed by atoms with Crippen LogP contribution in [-0.4, -0.2) is 33.0 Å². The van der Waals surface area contributed by atoms with Gasteiger partial charge in [0, 0.05) is 48.7 Å². The van der Waals surface area contributed by atoms with Crippen molar-refractivity contribution in [1.82, 2.24) is 20.1 Å². The van der Waals surface area contributed by atoms with Crippen LogP contribution in [0.3, 0.4) is 0 Å². The summed E-state index contributed by atoms with van der Waals surface area (Å²) in [5.74, 6) is 1.42. The Kier molecular flexibility index (Phi) is 8.90. The molecule has 3 aromatic carbocycles. The summed E-state index contributed by atoms with van der Waals surface area (Å²) in [6, 6.07) is 20.0. The number of halogens is 1. The second kappa shape index (κ2) is 13.3. The maximum atomic E-state index is 15.4. The number of nitrogens with one attached hydrogen (secondary N) is 2. The molecule has 0 spiro atoms. The fraction of sp³-hybridized carbons (Fsp3) is 0.294. The van der Waals surface area contributed by atoms with Crippen LogP contribution >= 0.6 is 0 Å². The van der Waals surface area contributed by atoms with Crippen molar-refractivity contribution in [2.75, 3.05) is 12.4 Å². The molecule has 228 valence electrons. The summed E-state index contributed by atoms with van der Waals surface area (Å²) in [4.78, 5) is 4.47. The van der Waals surface area contributed by atoms with Gasteiger partial charge in [-0.25, -0.2) is 4.39 Å². The number of aryl methyl sites for hydroxylation is 1. The molecule has 0 saturated heterocycles. The van der Waals surface area contributed by atoms with Crippen LogP contribution in [0.5, 0.6) is 23.0 Å². The minimum Gasteiger partial charge on any atom is -0.493 e. The molecule has 6 rings (SSSR count). The highest BCUT2D eigenvalue weighted by molar-refractivity contribution is 5.88. The third kappa shape index (κ3) is 6.77. The molecular formula is C34H36FN5O4. The lowest BCUT2D eigenvalue weighted by Crippen LogP contribution is -2.34. The molecule has 1 aliphatic rings. The van der Waals surface area contributed by atoms with E-state index in [1.54, 1.807) is 61.6 Å². The highest BCUT2D eigenvalue weighted by Gasteiger charge is 2.22. The Morgan fingerprint density at radius 3 is 2.57 bits per heavy atom. The van der Waals surface area contributed by atoms with Crippen LogP contribution in [0, 0.1) is 5.82 Å². The Balaban J connectivity index is 1.18. The van der Waals surface area contributed by atoms with Gasteiger partial charge in [-0.05, 0) is 42.7 Å². The van der Waals surface area contributed by atoms with Crippen LogP contribution in [0.2, 0.25) is 0 Å². The number of fused-ring (bicyclic) bond motifs is 1. The number of methoxy groups -OCH3 is 1. The third-order valence-electron chi connectivity index (χ3n) is 7.79. The van der Waals surface area contributed by atoms with E-state index >= 15 is 4.39 Å². The van der Waals surface area contributed by atoms with Gasteiger partial charge in [0.1, 0.15) is 18.6 Å². The first kappa shape index (κ1) is 29.4. The summed E-state index contributed by atoms with van der Waals surface area (Å²) in [7, 11) is 3.35. The summed E-state index contributed by atoms with van der Waals surface area (Å²) in [5, 5.41) is 22.5. The fourth-order valence-corrected chi connectivity index (χ4v) is 5.53. The van der Waals surface area contributed by atoms with Gasteiger partial charge in [-0.2, -0.15) is 5.10 Å². The minimum atomic E-state index is -0.886. The van der Waals surface area contributed by atoms with Gasteiger partial charge in [-0.15, -0.1) is 0 Å². The van der Waals surface area contributed by atoms with Gasteiger partial charge >= 0.3 is 0 Å². The van der Waals surface area contributed by atoms with E-state index in [9.17, 15) is 5.11 Å². The van der Waals surface area contributed by atoms with Crippen LogP contribution in [-0.2, 0) is 13.7 Å². The van der Waals surface area contributed by atoms with Crippen LogP contribution in [0.25, 0.3) is 10.9 Å². The number of benzene rings is 3. The Bertz CT molecular complexity index is 1720. The number of pyridine rings is 1. The van der Waals surface area contributed by atoms with Gasteiger partial charge in [0.15, 0.2) is 28.9 Å². The molecule has 0 bridgehead atoms. The molecule has 3 N–H and O–H groups in total. The number of aliphatic hydroxyl groups excluding tert-OH is 1. The second-order valence-electron chi connectivity index (χ2n) is 11.0. The maximum Gasteiger partial charge on any atom is 0.167 e. The number of nitrogens with zero attached hydrogens (tertiary/aromatic N) is 3. The Morgan fingerprint density at radius 2 is 1.80 bits per heavy atom. The van der Waals surface area contributed by atoms with Gasteiger partial charge in [0.05, 0.1) is 18.2 Å². The van der Waals surface area contributed by atoms with E-state index in [2.05, 4.69) is 20.7 Å². The lowest BCUT2D eigenvalue weighted by Gasteiger charge is -2.25. The van der Waals surface area contributed by atoms with Crippen molar-refractivity contribution in [2.45, 2.75) is 51.0 Å². The van der Waals surface area contributed by atoms with Gasteiger partial charge < -0.3 is 24.6 Å². The average Bonchev–Trinajstić information content (AvgIpc) is 3.41. The lowest BCUT2D eigenvalue weighted by molar-refractivity contribution is 0.114. The Hall–Kier alpha value is -4.67. The van der Waals surface area contributed by atoms with Gasteiger partial charge in [0.2, 0.25) is 0 Å². The molecule has 10 heteroatoms. The largest absolute Gasteiger partial charge is 0.493 e. The third-order valence-corrected chi connectivity index (χ3v) is 7.79. The Labute approximate surface area is 255 Å². The molecule has 2 aromatic heterocycles. The number of anilines is 2. The standard InChI is InChI=1S/C34H36FN5O4/c1-40-20-26(34(41)38-23-11-7-4-8-12-23)33(39-40)37-24-13-14-30(27(35)17-24)44-29-15-16-36-28-19-32(31(42-2)18-25(28)29)43-21-22-9-5-3-6-10-22/h3,5-6,9-10,13-20,23,34,38,41H,4,7-8,11-12,21H2,1-2H3,(H,37,39). The molecule has 1 fully saturated rings. The van der Waals surface area contributed by atoms with E-state index in [0.29, 0.717) is 51.8 Å². The van der Waals surface area contributed by atoms with Crippen LogP contribution in [0.4, 0.5) is 15.9 Å². The van der Waals surface area contributed by atoms with E-state index in [1.807, 2.05) is 30.3 Å². The van der Waals surface area contributed by atoms with E-state index in [4.69, 9.17) is 14.2 Å². The van der Waals surface area contributed by atoms with Crippen LogP contribution in [0.1, 0.15) is 49.5 Å². The van der Waals surface area contributed by atoms with E-state index in [0.717, 1.165) is 31.2 Å². The molecule has 2 heterocycles. The molecule has 1 atom stereocenters. The summed E-state index contributed by atoms with van der Waals surface area (Å²) in [6.07, 6.45) is 8.10. The molecule has 5 aromatic rings. The summed E-state index contributed by atoms with van der Waals surface area (Å²) in [5.41, 5.74) is 2.72. The van der Waals surface area contributed by atoms with Gasteiger partial charge in [0.25, 0.3) is 0 Å². The van der Waals surface area contributed by atoms with Crippen LogP contribution in [0.15, 0.2) is 79.1 Å². The molecular weight excluding hydrogens is 561 g/mol. The van der Waals surface area contributed by atoms with Crippen molar-refractivity contribution in [1.29, 1.82) is 0 Å². The van der Waals surface area contributed by atoms with Crippen molar-refractivity contribution in [2.24, 2.45) is 7.05 Å². The zero-order valence-corrected chi connectivity index (χ0v) is 24.8. The molecule has 0 amide bonds. The number of ether oxygens (including phenoxy) is 3. The predicted octanol–water partition coefficient (Wildman–Crippen LogP) is 7.14. The SMILES string of the molecule is COc1cc2c(Oc3ccc(Nc4nn(C)cc4C(O)NC4CCCCC4)cc3F)ccnc2cc1OCc1ccccc1. The summed E-state index contributed by atoms with van der Waals surface area (Å²) in [6.45, 7) is 0.375. The average molecular weight is 598 g/mol. The minimum absolute atomic E-state index is 0.0478. The number of rotatable bonds is 11. The topological polar surface area (TPSA) is 103 Å². The maximum absolute atomic E-state index is 15.4. The molecule has 1 saturated carbocycles. The quantitative estimate of drug-likeness (QED) is 0.138. The summed E-state index contributed by atoms with van der Waals surface area (Å²) >= 11 is 0. The fourth-order valence-electron chi connectivity index (χ4n) is 5.53. The predicted molar refractivity (Wildman–Crippen MR) is 167 cm³/mol. The van der Waals surface area contributed by atoms with Crippen molar-refractivity contribution in [3.63, 3.8) is 0 Å². The summed E-state index contributed by atoms with van der Waals surface area (Å²) < 4.78 is 34.6. The lowest BCUT2D eigenvalue weighted by atomic mass is 9.95. The van der Waals surface area contributed by atoms with Crippen LogP contribution < -0.4 is 24.8 Å². The number of aromatic nitrogens is 3.